The van der Waals surface area contributed by atoms with E-state index in [0.717, 1.165) is 16.8 Å². The third-order valence-electron chi connectivity index (χ3n) is 4.44. The molecule has 8 heteroatoms. The lowest BCUT2D eigenvalue weighted by Gasteiger charge is -2.33. The predicted molar refractivity (Wildman–Crippen MR) is 110 cm³/mol. The molecule has 1 aromatic heterocycles. The molecule has 0 radical (unpaired) electrons. The van der Waals surface area contributed by atoms with Gasteiger partial charge in [0.15, 0.2) is 5.13 Å². The molecule has 142 valence electrons. The molecule has 0 saturated carbocycles. The molecule has 3 aromatic rings. The number of fused-ring (bicyclic) bond motifs is 1. The molecule has 0 bridgehead atoms. The molecule has 4 rings (SSSR count). The molecule has 6 nitrogen and oxygen atoms in total. The predicted octanol–water partition coefficient (Wildman–Crippen LogP) is 4.50. The number of ether oxygens (including phenoxy) is 1. The highest BCUT2D eigenvalue weighted by Crippen LogP contribution is 2.36. The first-order valence-corrected chi connectivity index (χ1v) is 9.75. The Morgan fingerprint density at radius 1 is 1.25 bits per heavy atom. The molecule has 0 aliphatic carbocycles. The normalized spacial score (nSPS) is 18.0. The van der Waals surface area contributed by atoms with Crippen LogP contribution in [0.1, 0.15) is 12.5 Å². The molecule has 2 heterocycles. The third-order valence-corrected chi connectivity index (χ3v) is 5.44. The van der Waals surface area contributed by atoms with E-state index in [4.69, 9.17) is 16.3 Å². The number of rotatable bonds is 3. The van der Waals surface area contributed by atoms with Crippen LogP contribution in [0.15, 0.2) is 47.8 Å². The van der Waals surface area contributed by atoms with Crippen molar-refractivity contribution in [1.82, 2.24) is 4.98 Å². The average molecular weight is 414 g/mol. The molecule has 1 atom stereocenters. The maximum atomic E-state index is 12.8. The van der Waals surface area contributed by atoms with Crippen LogP contribution in [0.2, 0.25) is 5.02 Å². The van der Waals surface area contributed by atoms with E-state index in [1.165, 1.54) is 18.3 Å². The van der Waals surface area contributed by atoms with Gasteiger partial charge in [0, 0.05) is 16.0 Å². The molecule has 1 aliphatic heterocycles. The van der Waals surface area contributed by atoms with Crippen molar-refractivity contribution in [3.63, 3.8) is 0 Å². The minimum absolute atomic E-state index is 0.376. The summed E-state index contributed by atoms with van der Waals surface area (Å²) in [5, 5.41) is 8.05. The first kappa shape index (κ1) is 18.5. The SMILES string of the molecule is Cc1ccc(-c2csc(NC(=O)C3(C)Oc4ccc(Cl)cc4NC3=O)n2)cc1. The lowest BCUT2D eigenvalue weighted by Crippen LogP contribution is -2.56. The van der Waals surface area contributed by atoms with Gasteiger partial charge in [-0.15, -0.1) is 11.3 Å². The monoisotopic (exact) mass is 413 g/mol. The lowest BCUT2D eigenvalue weighted by atomic mass is 10.0. The number of carbonyl (C=O) groups excluding carboxylic acids is 2. The maximum Gasteiger partial charge on any atom is 0.280 e. The number of amides is 2. The highest BCUT2D eigenvalue weighted by Gasteiger charge is 2.47. The number of thiazole rings is 1. The van der Waals surface area contributed by atoms with Gasteiger partial charge < -0.3 is 10.1 Å². The second kappa shape index (κ2) is 6.92. The highest BCUT2D eigenvalue weighted by atomic mass is 35.5. The Hall–Kier alpha value is -2.90. The van der Waals surface area contributed by atoms with Gasteiger partial charge >= 0.3 is 0 Å². The van der Waals surface area contributed by atoms with Gasteiger partial charge in [0.05, 0.1) is 11.4 Å². The van der Waals surface area contributed by atoms with Crippen LogP contribution in [0.3, 0.4) is 0 Å². The summed E-state index contributed by atoms with van der Waals surface area (Å²) in [6.45, 7) is 3.43. The number of hydrogen-bond acceptors (Lipinski definition) is 5. The Bertz CT molecular complexity index is 1080. The van der Waals surface area contributed by atoms with E-state index in [0.29, 0.717) is 21.6 Å². The van der Waals surface area contributed by atoms with E-state index >= 15 is 0 Å². The maximum absolute atomic E-state index is 12.8. The molecule has 2 aromatic carbocycles. The van der Waals surface area contributed by atoms with Gasteiger partial charge in [0.1, 0.15) is 5.75 Å². The largest absolute Gasteiger partial charge is 0.466 e. The lowest BCUT2D eigenvalue weighted by molar-refractivity contribution is -0.143. The van der Waals surface area contributed by atoms with Gasteiger partial charge in [-0.2, -0.15) is 0 Å². The fourth-order valence-corrected chi connectivity index (χ4v) is 3.64. The smallest absolute Gasteiger partial charge is 0.280 e. The van der Waals surface area contributed by atoms with Gasteiger partial charge in [0.25, 0.3) is 17.4 Å². The van der Waals surface area contributed by atoms with Crippen molar-refractivity contribution in [3.05, 3.63) is 58.4 Å². The molecule has 1 unspecified atom stereocenters. The van der Waals surface area contributed by atoms with Crippen molar-refractivity contribution >= 4 is 45.6 Å². The first-order valence-electron chi connectivity index (χ1n) is 8.49. The van der Waals surface area contributed by atoms with Gasteiger partial charge in [-0.1, -0.05) is 41.4 Å². The molecule has 2 amide bonds. The summed E-state index contributed by atoms with van der Waals surface area (Å²) in [5.41, 5.74) is 1.56. The summed E-state index contributed by atoms with van der Waals surface area (Å²) < 4.78 is 5.72. The van der Waals surface area contributed by atoms with Crippen molar-refractivity contribution in [2.45, 2.75) is 19.4 Å². The van der Waals surface area contributed by atoms with Gasteiger partial charge in [-0.05, 0) is 32.0 Å². The summed E-state index contributed by atoms with van der Waals surface area (Å²) in [4.78, 5) is 29.8. The second-order valence-corrected chi connectivity index (χ2v) is 7.88. The van der Waals surface area contributed by atoms with Crippen LogP contribution in [0.25, 0.3) is 11.3 Å². The second-order valence-electron chi connectivity index (χ2n) is 6.59. The number of anilines is 2. The Kier molecular flexibility index (Phi) is 4.56. The van der Waals surface area contributed by atoms with E-state index in [1.54, 1.807) is 18.2 Å². The number of carbonyl (C=O) groups is 2. The molecule has 28 heavy (non-hydrogen) atoms. The van der Waals surface area contributed by atoms with E-state index in [2.05, 4.69) is 15.6 Å². The van der Waals surface area contributed by atoms with Gasteiger partial charge in [-0.25, -0.2) is 4.98 Å². The zero-order valence-corrected chi connectivity index (χ0v) is 16.6. The fraction of sp³-hybridized carbons (Fsp3) is 0.150. The number of aryl methyl sites for hydroxylation is 1. The Morgan fingerprint density at radius 3 is 2.75 bits per heavy atom. The Balaban J connectivity index is 1.54. The van der Waals surface area contributed by atoms with Crippen LogP contribution in [0.5, 0.6) is 5.75 Å². The van der Waals surface area contributed by atoms with Gasteiger partial charge in [-0.3, -0.25) is 14.9 Å². The average Bonchev–Trinajstić information content (AvgIpc) is 3.12. The Morgan fingerprint density at radius 2 is 2.00 bits per heavy atom. The molecule has 0 spiro atoms. The molecule has 1 aliphatic rings. The summed E-state index contributed by atoms with van der Waals surface area (Å²) in [7, 11) is 0. The molecular weight excluding hydrogens is 398 g/mol. The van der Waals surface area contributed by atoms with Crippen LogP contribution in [-0.2, 0) is 9.59 Å². The highest BCUT2D eigenvalue weighted by molar-refractivity contribution is 7.14. The molecule has 2 N–H and O–H groups in total. The van der Waals surface area contributed by atoms with Crippen molar-refractivity contribution < 1.29 is 14.3 Å². The number of hydrogen-bond donors (Lipinski definition) is 2. The molecule has 0 fully saturated rings. The first-order chi connectivity index (χ1) is 13.3. The molecular formula is C20H16ClN3O3S. The fourth-order valence-electron chi connectivity index (χ4n) is 2.75. The van der Waals surface area contributed by atoms with Crippen molar-refractivity contribution in [2.75, 3.05) is 10.6 Å². The van der Waals surface area contributed by atoms with Crippen molar-refractivity contribution in [2.24, 2.45) is 0 Å². The zero-order valence-electron chi connectivity index (χ0n) is 15.1. The van der Waals surface area contributed by atoms with E-state index < -0.39 is 17.4 Å². The van der Waals surface area contributed by atoms with Crippen molar-refractivity contribution in [1.29, 1.82) is 0 Å². The zero-order chi connectivity index (χ0) is 19.9. The van der Waals surface area contributed by atoms with Crippen LogP contribution < -0.4 is 15.4 Å². The number of nitrogens with one attached hydrogen (secondary N) is 2. The summed E-state index contributed by atoms with van der Waals surface area (Å²) >= 11 is 7.21. The molecule has 0 saturated heterocycles. The van der Waals surface area contributed by atoms with Crippen LogP contribution in [0, 0.1) is 6.92 Å². The van der Waals surface area contributed by atoms with E-state index in [1.807, 2.05) is 36.6 Å². The Labute approximate surface area is 170 Å². The van der Waals surface area contributed by atoms with E-state index in [9.17, 15) is 9.59 Å². The number of halogens is 1. The van der Waals surface area contributed by atoms with Crippen LogP contribution in [-0.4, -0.2) is 22.4 Å². The minimum atomic E-state index is -1.73. The summed E-state index contributed by atoms with van der Waals surface area (Å²) in [5.74, 6) is -0.799. The topological polar surface area (TPSA) is 80.3 Å². The standard InChI is InChI=1S/C20H16ClN3O3S/c1-11-3-5-12(6-4-11)15-10-28-19(23-15)24-18(26)20(2)17(25)22-14-9-13(21)7-8-16(14)27-20/h3-10H,1-2H3,(H,22,25)(H,23,24,26). The summed E-state index contributed by atoms with van der Waals surface area (Å²) in [6.07, 6.45) is 0. The minimum Gasteiger partial charge on any atom is -0.466 e. The third kappa shape index (κ3) is 3.34. The van der Waals surface area contributed by atoms with Crippen LogP contribution >= 0.6 is 22.9 Å². The quantitative estimate of drug-likeness (QED) is 0.619. The van der Waals surface area contributed by atoms with Crippen molar-refractivity contribution in [3.8, 4) is 17.0 Å². The van der Waals surface area contributed by atoms with E-state index in [-0.39, 0.29) is 0 Å². The number of aromatic nitrogens is 1. The summed E-state index contributed by atoms with van der Waals surface area (Å²) in [6, 6.07) is 12.7. The van der Waals surface area contributed by atoms with Gasteiger partial charge in [0.2, 0.25) is 0 Å². The van der Waals surface area contributed by atoms with Crippen LogP contribution in [0.4, 0.5) is 10.8 Å². The number of nitrogens with zero attached hydrogens (tertiary/aromatic N) is 1. The number of benzene rings is 2.